The minimum Gasteiger partial charge on any atom is -0.370 e. The van der Waals surface area contributed by atoms with Crippen LogP contribution in [0, 0.1) is 5.92 Å². The summed E-state index contributed by atoms with van der Waals surface area (Å²) in [6, 6.07) is 0.523. The Balaban J connectivity index is 0.00000261. The Labute approximate surface area is 180 Å². The Morgan fingerprint density at radius 1 is 1.37 bits per heavy atom. The van der Waals surface area contributed by atoms with Gasteiger partial charge in [0.05, 0.1) is 19.3 Å². The van der Waals surface area contributed by atoms with E-state index in [-0.39, 0.29) is 30.1 Å². The Bertz CT molecular complexity index is 599. The zero-order valence-corrected chi connectivity index (χ0v) is 19.4. The van der Waals surface area contributed by atoms with Gasteiger partial charge in [-0.3, -0.25) is 14.6 Å². The summed E-state index contributed by atoms with van der Waals surface area (Å²) in [5.41, 5.74) is 1.13. The van der Waals surface area contributed by atoms with Gasteiger partial charge in [0.1, 0.15) is 6.10 Å². The van der Waals surface area contributed by atoms with Gasteiger partial charge in [0, 0.05) is 45.0 Å². The number of rotatable bonds is 4. The summed E-state index contributed by atoms with van der Waals surface area (Å²) in [7, 11) is 3.80. The second-order valence-corrected chi connectivity index (χ2v) is 7.75. The average molecular weight is 490 g/mol. The molecule has 0 amide bonds. The number of morpholine rings is 1. The number of hydrogen-bond acceptors (Lipinski definition) is 4. The normalized spacial score (nSPS) is 23.8. The van der Waals surface area contributed by atoms with Crippen LogP contribution in [0.3, 0.4) is 0 Å². The summed E-state index contributed by atoms with van der Waals surface area (Å²) < 4.78 is 7.77. The highest BCUT2D eigenvalue weighted by Crippen LogP contribution is 2.22. The van der Waals surface area contributed by atoms with Crippen molar-refractivity contribution in [3.63, 3.8) is 0 Å². The third-order valence-corrected chi connectivity index (χ3v) is 5.67. The molecule has 2 aliphatic rings. The van der Waals surface area contributed by atoms with Gasteiger partial charge in [-0.05, 0) is 38.8 Å². The number of halogens is 1. The summed E-state index contributed by atoms with van der Waals surface area (Å²) in [5.74, 6) is 1.84. The van der Waals surface area contributed by atoms with Crippen LogP contribution in [0.15, 0.2) is 17.4 Å². The molecule has 3 heterocycles. The monoisotopic (exact) mass is 490 g/mol. The van der Waals surface area contributed by atoms with E-state index in [1.807, 2.05) is 31.2 Å². The molecule has 2 saturated heterocycles. The number of nitrogens with zero attached hydrogens (tertiary/aromatic N) is 5. The van der Waals surface area contributed by atoms with Crippen molar-refractivity contribution < 1.29 is 4.74 Å². The number of ether oxygens (including phenoxy) is 1. The van der Waals surface area contributed by atoms with Crippen LogP contribution < -0.4 is 5.32 Å². The predicted octanol–water partition coefficient (Wildman–Crippen LogP) is 2.11. The molecule has 3 rings (SSSR count). The van der Waals surface area contributed by atoms with Crippen molar-refractivity contribution in [2.24, 2.45) is 18.0 Å². The third kappa shape index (κ3) is 6.05. The summed E-state index contributed by atoms with van der Waals surface area (Å²) in [6.45, 7) is 10.4. The Hall–Kier alpha value is -0.870. The molecule has 0 aromatic carbocycles. The molecule has 0 saturated carbocycles. The van der Waals surface area contributed by atoms with Gasteiger partial charge in [-0.1, -0.05) is 6.92 Å². The van der Waals surface area contributed by atoms with Gasteiger partial charge in [0.2, 0.25) is 0 Å². The molecule has 154 valence electrons. The average Bonchev–Trinajstić information content (AvgIpc) is 3.09. The van der Waals surface area contributed by atoms with Gasteiger partial charge < -0.3 is 15.0 Å². The lowest BCUT2D eigenvalue weighted by Gasteiger charge is -2.37. The standard InChI is InChI=1S/C19H34N6O.HI/c1-15-5-7-24(8-6-15)16(2)11-21-19(20-3)25-9-10-26-18(14-25)17-12-22-23(4)13-17;/h12-13,15-16,18H,5-11,14H2,1-4H3,(H,20,21);1H. The van der Waals surface area contributed by atoms with Crippen LogP contribution >= 0.6 is 24.0 Å². The quantitative estimate of drug-likeness (QED) is 0.398. The molecule has 2 fully saturated rings. The summed E-state index contributed by atoms with van der Waals surface area (Å²) in [4.78, 5) is 9.40. The largest absolute Gasteiger partial charge is 0.370 e. The number of guanidine groups is 1. The highest BCUT2D eigenvalue weighted by molar-refractivity contribution is 14.0. The molecule has 2 aliphatic heterocycles. The second kappa shape index (κ2) is 10.6. The van der Waals surface area contributed by atoms with Gasteiger partial charge in [0.15, 0.2) is 5.96 Å². The maximum Gasteiger partial charge on any atom is 0.193 e. The van der Waals surface area contributed by atoms with Crippen LogP contribution in [0.5, 0.6) is 0 Å². The molecule has 1 N–H and O–H groups in total. The lowest BCUT2D eigenvalue weighted by atomic mass is 9.98. The lowest BCUT2D eigenvalue weighted by Crippen LogP contribution is -2.52. The van der Waals surface area contributed by atoms with Gasteiger partial charge in [-0.15, -0.1) is 24.0 Å². The van der Waals surface area contributed by atoms with Gasteiger partial charge in [-0.25, -0.2) is 0 Å². The minimum atomic E-state index is 0. The number of likely N-dealkylation sites (tertiary alicyclic amines) is 1. The topological polar surface area (TPSA) is 57.9 Å². The number of hydrogen-bond donors (Lipinski definition) is 1. The molecule has 1 aromatic rings. The fourth-order valence-corrected chi connectivity index (χ4v) is 3.82. The van der Waals surface area contributed by atoms with E-state index in [9.17, 15) is 0 Å². The van der Waals surface area contributed by atoms with Crippen molar-refractivity contribution in [2.75, 3.05) is 46.4 Å². The first kappa shape index (κ1) is 22.4. The van der Waals surface area contributed by atoms with Crippen molar-refractivity contribution in [1.82, 2.24) is 24.9 Å². The summed E-state index contributed by atoms with van der Waals surface area (Å²) >= 11 is 0. The predicted molar refractivity (Wildman–Crippen MR) is 120 cm³/mol. The molecular formula is C19H35IN6O. The van der Waals surface area contributed by atoms with Gasteiger partial charge in [0.25, 0.3) is 0 Å². The van der Waals surface area contributed by atoms with Crippen molar-refractivity contribution >= 4 is 29.9 Å². The molecule has 27 heavy (non-hydrogen) atoms. The first-order chi connectivity index (χ1) is 12.6. The minimum absolute atomic E-state index is 0. The maximum atomic E-state index is 5.95. The fourth-order valence-electron chi connectivity index (χ4n) is 3.82. The maximum absolute atomic E-state index is 5.95. The Morgan fingerprint density at radius 3 is 2.74 bits per heavy atom. The number of piperidine rings is 1. The van der Waals surface area contributed by atoms with Crippen LogP contribution in [-0.2, 0) is 11.8 Å². The molecule has 0 radical (unpaired) electrons. The van der Waals surface area contributed by atoms with Crippen LogP contribution in [0.2, 0.25) is 0 Å². The number of nitrogens with one attached hydrogen (secondary N) is 1. The number of aryl methyl sites for hydroxylation is 1. The highest BCUT2D eigenvalue weighted by atomic mass is 127. The van der Waals surface area contributed by atoms with E-state index in [2.05, 4.69) is 39.1 Å². The second-order valence-electron chi connectivity index (χ2n) is 7.75. The van der Waals surface area contributed by atoms with Crippen molar-refractivity contribution in [3.8, 4) is 0 Å². The molecule has 2 unspecified atom stereocenters. The van der Waals surface area contributed by atoms with E-state index >= 15 is 0 Å². The van der Waals surface area contributed by atoms with Gasteiger partial charge >= 0.3 is 0 Å². The summed E-state index contributed by atoms with van der Waals surface area (Å²) in [6.07, 6.45) is 6.61. The van der Waals surface area contributed by atoms with Crippen molar-refractivity contribution in [3.05, 3.63) is 18.0 Å². The lowest BCUT2D eigenvalue weighted by molar-refractivity contribution is -0.00814. The summed E-state index contributed by atoms with van der Waals surface area (Å²) in [5, 5.41) is 7.85. The van der Waals surface area contributed by atoms with Crippen LogP contribution in [0.1, 0.15) is 38.4 Å². The molecule has 2 atom stereocenters. The molecule has 7 nitrogen and oxygen atoms in total. The number of aliphatic imine (C=N–C) groups is 1. The van der Waals surface area contributed by atoms with Crippen molar-refractivity contribution in [1.29, 1.82) is 0 Å². The molecular weight excluding hydrogens is 455 g/mol. The zero-order chi connectivity index (χ0) is 18.5. The van der Waals surface area contributed by atoms with E-state index in [0.717, 1.165) is 37.1 Å². The van der Waals surface area contributed by atoms with E-state index in [1.165, 1.54) is 25.9 Å². The van der Waals surface area contributed by atoms with E-state index in [0.29, 0.717) is 12.6 Å². The van der Waals surface area contributed by atoms with Crippen LogP contribution in [-0.4, -0.2) is 78.0 Å². The molecule has 8 heteroatoms. The smallest absolute Gasteiger partial charge is 0.193 e. The van der Waals surface area contributed by atoms with Crippen LogP contribution in [0.4, 0.5) is 0 Å². The van der Waals surface area contributed by atoms with Crippen molar-refractivity contribution in [2.45, 2.75) is 38.8 Å². The fraction of sp³-hybridized carbons (Fsp3) is 0.789. The molecule has 0 bridgehead atoms. The van der Waals surface area contributed by atoms with Crippen LogP contribution in [0.25, 0.3) is 0 Å². The first-order valence-electron chi connectivity index (χ1n) is 9.86. The SMILES string of the molecule is CN=C(NCC(C)N1CCC(C)CC1)N1CCOC(c2cnn(C)c2)C1.I. The van der Waals surface area contributed by atoms with E-state index in [1.54, 1.807) is 0 Å². The highest BCUT2D eigenvalue weighted by Gasteiger charge is 2.26. The Morgan fingerprint density at radius 2 is 2.11 bits per heavy atom. The first-order valence-corrected chi connectivity index (χ1v) is 9.86. The number of aromatic nitrogens is 2. The van der Waals surface area contributed by atoms with E-state index < -0.39 is 0 Å². The zero-order valence-electron chi connectivity index (χ0n) is 17.1. The molecule has 0 aliphatic carbocycles. The Kier molecular flexibility index (Phi) is 8.81. The third-order valence-electron chi connectivity index (χ3n) is 5.67. The van der Waals surface area contributed by atoms with Gasteiger partial charge in [-0.2, -0.15) is 5.10 Å². The molecule has 1 aromatic heterocycles. The van der Waals surface area contributed by atoms with E-state index in [4.69, 9.17) is 4.74 Å². The molecule has 0 spiro atoms.